The number of ether oxygens (including phenoxy) is 1. The molecule has 31 heavy (non-hydrogen) atoms. The highest BCUT2D eigenvalue weighted by atomic mass is 32.2. The smallest absolute Gasteiger partial charge is 0.265 e. The molecule has 1 heterocycles. The largest absolute Gasteiger partial charge is 0.481 e. The minimum Gasteiger partial charge on any atom is -0.481 e. The minimum absolute atomic E-state index is 0.228. The molecule has 1 aliphatic carbocycles. The molecular weight excluding hydrogens is 416 g/mol. The van der Waals surface area contributed by atoms with E-state index in [9.17, 15) is 18.3 Å². The van der Waals surface area contributed by atoms with Gasteiger partial charge in [0.15, 0.2) is 6.10 Å². The summed E-state index contributed by atoms with van der Waals surface area (Å²) in [7, 11) is -3.48. The number of aliphatic hydroxyl groups is 1. The average Bonchev–Trinajstić information content (AvgIpc) is 3.31. The van der Waals surface area contributed by atoms with Crippen LogP contribution in [0, 0.1) is 0 Å². The van der Waals surface area contributed by atoms with E-state index < -0.39 is 22.2 Å². The van der Waals surface area contributed by atoms with Crippen LogP contribution in [-0.2, 0) is 21.2 Å². The van der Waals surface area contributed by atoms with Crippen molar-refractivity contribution in [3.63, 3.8) is 0 Å². The number of amides is 1. The predicted octanol–water partition coefficient (Wildman–Crippen LogP) is 3.25. The third kappa shape index (κ3) is 4.61. The Kier molecular flexibility index (Phi) is 6.31. The molecule has 0 aromatic heterocycles. The third-order valence-corrected chi connectivity index (χ3v) is 7.84. The molecule has 1 saturated heterocycles. The monoisotopic (exact) mass is 444 g/mol. The Bertz CT molecular complexity index is 1050. The standard InChI is InChI=1S/C23H28N2O5S/c1-16(30-22-9-5-6-19-20(22)7-4-8-21(19)26)23(27)24-17-10-12-18(13-11-17)31(28,29)25-14-2-3-15-25/h5-6,9-13,16,21,26H,2-4,7-8,14-15H2,1H3,(H,24,27). The number of nitrogens with one attached hydrogen (secondary N) is 1. The summed E-state index contributed by atoms with van der Waals surface area (Å²) in [6, 6.07) is 11.8. The van der Waals surface area contributed by atoms with Gasteiger partial charge in [0.25, 0.3) is 5.91 Å². The Morgan fingerprint density at radius 3 is 2.55 bits per heavy atom. The quantitative estimate of drug-likeness (QED) is 0.713. The fourth-order valence-electron chi connectivity index (χ4n) is 4.18. The molecular formula is C23H28N2O5S. The lowest BCUT2D eigenvalue weighted by Gasteiger charge is -2.25. The lowest BCUT2D eigenvalue weighted by molar-refractivity contribution is -0.122. The maximum absolute atomic E-state index is 12.6. The van der Waals surface area contributed by atoms with Crippen molar-refractivity contribution in [2.75, 3.05) is 18.4 Å². The Labute approximate surface area is 183 Å². The summed E-state index contributed by atoms with van der Waals surface area (Å²) in [5, 5.41) is 13.0. The van der Waals surface area contributed by atoms with Gasteiger partial charge in [-0.25, -0.2) is 8.42 Å². The van der Waals surface area contributed by atoms with Crippen LogP contribution in [0.2, 0.25) is 0 Å². The summed E-state index contributed by atoms with van der Waals surface area (Å²) < 4.78 is 32.7. The number of hydrogen-bond donors (Lipinski definition) is 2. The molecule has 2 N–H and O–H groups in total. The molecule has 2 aromatic rings. The molecule has 4 rings (SSSR count). The van der Waals surface area contributed by atoms with E-state index in [4.69, 9.17) is 4.74 Å². The third-order valence-electron chi connectivity index (χ3n) is 5.93. The molecule has 166 valence electrons. The summed E-state index contributed by atoms with van der Waals surface area (Å²) >= 11 is 0. The van der Waals surface area contributed by atoms with Crippen LogP contribution in [-0.4, -0.2) is 42.9 Å². The van der Waals surface area contributed by atoms with E-state index in [2.05, 4.69) is 5.32 Å². The Balaban J connectivity index is 1.41. The Morgan fingerprint density at radius 2 is 1.84 bits per heavy atom. The van der Waals surface area contributed by atoms with E-state index >= 15 is 0 Å². The summed E-state index contributed by atoms with van der Waals surface area (Å²) in [4.78, 5) is 12.9. The van der Waals surface area contributed by atoms with Crippen molar-refractivity contribution in [2.24, 2.45) is 0 Å². The zero-order valence-corrected chi connectivity index (χ0v) is 18.4. The van der Waals surface area contributed by atoms with Crippen molar-refractivity contribution in [3.05, 3.63) is 53.6 Å². The lowest BCUT2D eigenvalue weighted by atomic mass is 9.89. The normalized spacial score (nSPS) is 20.1. The highest BCUT2D eigenvalue weighted by Crippen LogP contribution is 2.35. The number of sulfonamides is 1. The summed E-state index contributed by atoms with van der Waals surface area (Å²) in [6.07, 6.45) is 2.94. The van der Waals surface area contributed by atoms with Gasteiger partial charge in [-0.05, 0) is 80.5 Å². The van der Waals surface area contributed by atoms with Crippen molar-refractivity contribution in [1.29, 1.82) is 0 Å². The predicted molar refractivity (Wildman–Crippen MR) is 117 cm³/mol. The Hall–Kier alpha value is -2.42. The molecule has 8 heteroatoms. The second-order valence-electron chi connectivity index (χ2n) is 8.12. The number of fused-ring (bicyclic) bond motifs is 1. The number of aliphatic hydroxyl groups excluding tert-OH is 1. The number of carbonyl (C=O) groups is 1. The zero-order valence-electron chi connectivity index (χ0n) is 17.6. The van der Waals surface area contributed by atoms with E-state index in [0.29, 0.717) is 24.5 Å². The molecule has 2 unspecified atom stereocenters. The van der Waals surface area contributed by atoms with Crippen LogP contribution in [0.1, 0.15) is 49.8 Å². The highest BCUT2D eigenvalue weighted by Gasteiger charge is 2.27. The number of benzene rings is 2. The highest BCUT2D eigenvalue weighted by molar-refractivity contribution is 7.89. The molecule has 7 nitrogen and oxygen atoms in total. The molecule has 2 aromatic carbocycles. The van der Waals surface area contributed by atoms with Gasteiger partial charge in [0.05, 0.1) is 11.0 Å². The average molecular weight is 445 g/mol. The lowest BCUT2D eigenvalue weighted by Crippen LogP contribution is -2.31. The molecule has 0 bridgehead atoms. The molecule has 0 saturated carbocycles. The first-order valence-electron chi connectivity index (χ1n) is 10.7. The summed E-state index contributed by atoms with van der Waals surface area (Å²) in [5.41, 5.74) is 2.33. The number of anilines is 1. The van der Waals surface area contributed by atoms with Crippen molar-refractivity contribution in [3.8, 4) is 5.75 Å². The maximum Gasteiger partial charge on any atom is 0.265 e. The van der Waals surface area contributed by atoms with E-state index in [1.807, 2.05) is 18.2 Å². The first kappa shape index (κ1) is 21.8. The molecule has 2 atom stereocenters. The van der Waals surface area contributed by atoms with Crippen LogP contribution in [0.3, 0.4) is 0 Å². The van der Waals surface area contributed by atoms with E-state index in [1.54, 1.807) is 19.1 Å². The number of rotatable bonds is 6. The van der Waals surface area contributed by atoms with Gasteiger partial charge < -0.3 is 15.2 Å². The van der Waals surface area contributed by atoms with Gasteiger partial charge in [-0.2, -0.15) is 4.31 Å². The zero-order chi connectivity index (χ0) is 22.0. The van der Waals surface area contributed by atoms with Crippen LogP contribution in [0.25, 0.3) is 0 Å². The van der Waals surface area contributed by atoms with Gasteiger partial charge in [0, 0.05) is 18.8 Å². The van der Waals surface area contributed by atoms with Gasteiger partial charge in [0.2, 0.25) is 10.0 Å². The van der Waals surface area contributed by atoms with Crippen molar-refractivity contribution in [2.45, 2.75) is 56.1 Å². The van der Waals surface area contributed by atoms with Crippen molar-refractivity contribution >= 4 is 21.6 Å². The fourth-order valence-corrected chi connectivity index (χ4v) is 5.69. The van der Waals surface area contributed by atoms with Crippen molar-refractivity contribution in [1.82, 2.24) is 4.31 Å². The van der Waals surface area contributed by atoms with Gasteiger partial charge >= 0.3 is 0 Å². The van der Waals surface area contributed by atoms with E-state index in [-0.39, 0.29) is 10.8 Å². The molecule has 1 amide bonds. The van der Waals surface area contributed by atoms with Crippen LogP contribution >= 0.6 is 0 Å². The number of hydrogen-bond acceptors (Lipinski definition) is 5. The Morgan fingerprint density at radius 1 is 1.13 bits per heavy atom. The first-order chi connectivity index (χ1) is 14.9. The molecule has 0 spiro atoms. The summed E-state index contributed by atoms with van der Waals surface area (Å²) in [5.74, 6) is 0.287. The van der Waals surface area contributed by atoms with Gasteiger partial charge in [-0.1, -0.05) is 12.1 Å². The van der Waals surface area contributed by atoms with Gasteiger partial charge in [-0.15, -0.1) is 0 Å². The minimum atomic E-state index is -3.48. The van der Waals surface area contributed by atoms with Crippen LogP contribution in [0.15, 0.2) is 47.4 Å². The molecule has 2 aliphatic rings. The fraction of sp³-hybridized carbons (Fsp3) is 0.435. The second-order valence-corrected chi connectivity index (χ2v) is 10.1. The van der Waals surface area contributed by atoms with Crippen LogP contribution < -0.4 is 10.1 Å². The maximum atomic E-state index is 12.6. The molecule has 0 radical (unpaired) electrons. The number of nitrogens with zero attached hydrogens (tertiary/aromatic N) is 1. The molecule has 1 fully saturated rings. The molecule has 1 aliphatic heterocycles. The summed E-state index contributed by atoms with van der Waals surface area (Å²) in [6.45, 7) is 2.77. The number of carbonyl (C=O) groups excluding carboxylic acids is 1. The first-order valence-corrected chi connectivity index (χ1v) is 12.2. The SMILES string of the molecule is CC(Oc1cccc2c1CCCC2O)C(=O)Nc1ccc(S(=O)(=O)N2CCCC2)cc1. The van der Waals surface area contributed by atoms with Crippen LogP contribution in [0.5, 0.6) is 5.75 Å². The van der Waals surface area contributed by atoms with E-state index in [1.165, 1.54) is 16.4 Å². The van der Waals surface area contributed by atoms with Gasteiger partial charge in [-0.3, -0.25) is 4.79 Å². The topological polar surface area (TPSA) is 95.9 Å². The van der Waals surface area contributed by atoms with Gasteiger partial charge in [0.1, 0.15) is 5.75 Å². The van der Waals surface area contributed by atoms with Crippen LogP contribution in [0.4, 0.5) is 5.69 Å². The van der Waals surface area contributed by atoms with Crippen molar-refractivity contribution < 1.29 is 23.1 Å². The second kappa shape index (κ2) is 8.98. The van der Waals surface area contributed by atoms with E-state index in [0.717, 1.165) is 43.2 Å².